The fourth-order valence-corrected chi connectivity index (χ4v) is 3.45. The molecule has 2 aliphatic rings. The van der Waals surface area contributed by atoms with Gasteiger partial charge < -0.3 is 4.74 Å². The van der Waals surface area contributed by atoms with Gasteiger partial charge in [0.05, 0.1) is 11.3 Å². The van der Waals surface area contributed by atoms with Crippen molar-refractivity contribution in [3.63, 3.8) is 0 Å². The summed E-state index contributed by atoms with van der Waals surface area (Å²) in [5, 5.41) is 0. The number of carbonyl (C=O) groups is 2. The van der Waals surface area contributed by atoms with Crippen LogP contribution in [0.3, 0.4) is 0 Å². The summed E-state index contributed by atoms with van der Waals surface area (Å²) in [4.78, 5) is 23.9. The van der Waals surface area contributed by atoms with Crippen molar-refractivity contribution >= 4 is 11.9 Å². The molecule has 3 unspecified atom stereocenters. The van der Waals surface area contributed by atoms with Crippen LogP contribution in [0.5, 0.6) is 0 Å². The van der Waals surface area contributed by atoms with Crippen LogP contribution < -0.4 is 0 Å². The Morgan fingerprint density at radius 2 is 2.18 bits per heavy atom. The van der Waals surface area contributed by atoms with E-state index in [2.05, 4.69) is 12.2 Å². The highest BCUT2D eigenvalue weighted by atomic mass is 16.6. The van der Waals surface area contributed by atoms with Crippen molar-refractivity contribution in [3.8, 4) is 0 Å². The zero-order valence-electron chi connectivity index (χ0n) is 10.6. The molecule has 3 nitrogen and oxygen atoms in total. The summed E-state index contributed by atoms with van der Waals surface area (Å²) in [5.74, 6) is -0.704. The molecule has 1 fully saturated rings. The highest BCUT2D eigenvalue weighted by Crippen LogP contribution is 2.50. The molecule has 0 saturated carbocycles. The fraction of sp³-hybridized carbons (Fsp3) is 0.714. The Kier molecular flexibility index (Phi) is 3.36. The van der Waals surface area contributed by atoms with Crippen molar-refractivity contribution in [3.05, 3.63) is 12.2 Å². The Bertz CT molecular complexity index is 358. The molecule has 17 heavy (non-hydrogen) atoms. The minimum Gasteiger partial charge on any atom is -0.392 e. The average molecular weight is 236 g/mol. The third-order valence-corrected chi connectivity index (χ3v) is 4.39. The Morgan fingerprint density at radius 3 is 2.71 bits per heavy atom. The number of hydrogen-bond donors (Lipinski definition) is 0. The molecule has 2 rings (SSSR count). The number of cyclic esters (lactones) is 2. The summed E-state index contributed by atoms with van der Waals surface area (Å²) in [6, 6.07) is 0. The van der Waals surface area contributed by atoms with Gasteiger partial charge in [-0.3, -0.25) is 9.59 Å². The number of hydrogen-bond acceptors (Lipinski definition) is 3. The van der Waals surface area contributed by atoms with Gasteiger partial charge in [-0.2, -0.15) is 0 Å². The van der Waals surface area contributed by atoms with Crippen LogP contribution >= 0.6 is 0 Å². The van der Waals surface area contributed by atoms with Crippen molar-refractivity contribution in [2.24, 2.45) is 17.3 Å². The van der Waals surface area contributed by atoms with Crippen molar-refractivity contribution in [1.82, 2.24) is 0 Å². The van der Waals surface area contributed by atoms with Gasteiger partial charge in [-0.25, -0.2) is 0 Å². The number of ether oxygens (including phenoxy) is 1. The maximum absolute atomic E-state index is 12.1. The summed E-state index contributed by atoms with van der Waals surface area (Å²) in [6.45, 7) is 3.95. The van der Waals surface area contributed by atoms with Crippen molar-refractivity contribution in [2.75, 3.05) is 0 Å². The third kappa shape index (κ3) is 1.72. The van der Waals surface area contributed by atoms with Gasteiger partial charge in [0.25, 0.3) is 0 Å². The Labute approximate surface area is 102 Å². The lowest BCUT2D eigenvalue weighted by Crippen LogP contribution is -2.40. The molecule has 1 heterocycles. The van der Waals surface area contributed by atoms with E-state index in [1.54, 1.807) is 0 Å². The minimum absolute atomic E-state index is 0.171. The van der Waals surface area contributed by atoms with Gasteiger partial charge in [0, 0.05) is 0 Å². The first-order chi connectivity index (χ1) is 8.16. The molecule has 0 amide bonds. The molecule has 0 N–H and O–H groups in total. The maximum atomic E-state index is 12.1. The highest BCUT2D eigenvalue weighted by molar-refractivity contribution is 5.99. The maximum Gasteiger partial charge on any atom is 0.321 e. The van der Waals surface area contributed by atoms with E-state index in [9.17, 15) is 9.59 Å². The van der Waals surface area contributed by atoms with Gasteiger partial charge in [0.1, 0.15) is 0 Å². The minimum atomic E-state index is -0.594. The van der Waals surface area contributed by atoms with Crippen LogP contribution in [-0.4, -0.2) is 11.9 Å². The zero-order chi connectivity index (χ0) is 12.5. The third-order valence-electron chi connectivity index (χ3n) is 4.39. The van der Waals surface area contributed by atoms with Gasteiger partial charge in [0.15, 0.2) is 0 Å². The molecule has 3 heteroatoms. The summed E-state index contributed by atoms with van der Waals surface area (Å²) < 4.78 is 4.91. The van der Waals surface area contributed by atoms with Crippen molar-refractivity contribution < 1.29 is 14.3 Å². The van der Waals surface area contributed by atoms with Gasteiger partial charge in [-0.05, 0) is 38.0 Å². The fourth-order valence-electron chi connectivity index (χ4n) is 3.45. The molecule has 3 atom stereocenters. The molecule has 1 saturated heterocycles. The molecule has 0 aromatic rings. The largest absolute Gasteiger partial charge is 0.392 e. The van der Waals surface area contributed by atoms with Gasteiger partial charge in [0.2, 0.25) is 0 Å². The van der Waals surface area contributed by atoms with Crippen LogP contribution in [0.25, 0.3) is 0 Å². The molecule has 0 spiro atoms. The van der Waals surface area contributed by atoms with Crippen molar-refractivity contribution in [2.45, 2.75) is 46.0 Å². The number of rotatable bonds is 3. The standard InChI is InChI=1S/C14H20O3/c1-3-11-12(15)17-13(16)14(11,4-2)10-8-6-5-7-9-10/h6,8,10-11H,3-5,7,9H2,1-2H3. The Morgan fingerprint density at radius 1 is 1.41 bits per heavy atom. The first-order valence-corrected chi connectivity index (χ1v) is 6.59. The second-order valence-corrected chi connectivity index (χ2v) is 5.03. The lowest BCUT2D eigenvalue weighted by Gasteiger charge is -2.36. The zero-order valence-corrected chi connectivity index (χ0v) is 10.6. The van der Waals surface area contributed by atoms with Crippen LogP contribution in [0.4, 0.5) is 0 Å². The average Bonchev–Trinajstić information content (AvgIpc) is 2.61. The molecule has 0 aromatic carbocycles. The van der Waals surface area contributed by atoms with E-state index < -0.39 is 5.41 Å². The SMILES string of the molecule is CCC1C(=O)OC(=O)C1(CC)C1C=CCCC1. The smallest absolute Gasteiger partial charge is 0.321 e. The predicted molar refractivity (Wildman–Crippen MR) is 64.1 cm³/mol. The second kappa shape index (κ2) is 4.63. The van der Waals surface area contributed by atoms with E-state index in [-0.39, 0.29) is 23.8 Å². The molecule has 0 radical (unpaired) electrons. The van der Waals surface area contributed by atoms with Crippen LogP contribution in [0, 0.1) is 17.3 Å². The van der Waals surface area contributed by atoms with Crippen LogP contribution in [0.15, 0.2) is 12.2 Å². The van der Waals surface area contributed by atoms with Crippen LogP contribution in [-0.2, 0) is 14.3 Å². The normalized spacial score (nSPS) is 37.3. The molecule has 0 aromatic heterocycles. The molecular formula is C14H20O3. The van der Waals surface area contributed by atoms with Gasteiger partial charge in [-0.1, -0.05) is 26.0 Å². The summed E-state index contributed by atoms with van der Waals surface area (Å²) in [6.07, 6.45) is 8.79. The van der Waals surface area contributed by atoms with E-state index in [1.807, 2.05) is 13.8 Å². The first kappa shape index (κ1) is 12.3. The van der Waals surface area contributed by atoms with Crippen LogP contribution in [0.2, 0.25) is 0 Å². The Balaban J connectivity index is 2.39. The summed E-state index contributed by atoms with van der Waals surface area (Å²) in [5.41, 5.74) is -0.594. The quantitative estimate of drug-likeness (QED) is 0.430. The summed E-state index contributed by atoms with van der Waals surface area (Å²) in [7, 11) is 0. The van der Waals surface area contributed by atoms with E-state index in [0.717, 1.165) is 19.3 Å². The van der Waals surface area contributed by atoms with Gasteiger partial charge in [-0.15, -0.1) is 0 Å². The Hall–Kier alpha value is -1.12. The van der Waals surface area contributed by atoms with E-state index in [1.165, 1.54) is 0 Å². The molecule has 94 valence electrons. The molecule has 1 aliphatic carbocycles. The number of esters is 2. The van der Waals surface area contributed by atoms with Crippen LogP contribution in [0.1, 0.15) is 46.0 Å². The molecular weight excluding hydrogens is 216 g/mol. The molecule has 1 aliphatic heterocycles. The van der Waals surface area contributed by atoms with Crippen molar-refractivity contribution in [1.29, 1.82) is 0 Å². The lowest BCUT2D eigenvalue weighted by atomic mass is 9.63. The van der Waals surface area contributed by atoms with E-state index >= 15 is 0 Å². The predicted octanol–water partition coefficient (Wildman–Crippen LogP) is 2.85. The van der Waals surface area contributed by atoms with E-state index in [4.69, 9.17) is 4.74 Å². The highest BCUT2D eigenvalue weighted by Gasteiger charge is 2.58. The monoisotopic (exact) mass is 236 g/mol. The second-order valence-electron chi connectivity index (χ2n) is 5.03. The topological polar surface area (TPSA) is 43.4 Å². The first-order valence-electron chi connectivity index (χ1n) is 6.59. The van der Waals surface area contributed by atoms with Gasteiger partial charge >= 0.3 is 11.9 Å². The number of carbonyl (C=O) groups excluding carboxylic acids is 2. The molecule has 0 bridgehead atoms. The lowest BCUT2D eigenvalue weighted by molar-refractivity contribution is -0.156. The number of allylic oxidation sites excluding steroid dienone is 2. The summed E-state index contributed by atoms with van der Waals surface area (Å²) >= 11 is 0. The van der Waals surface area contributed by atoms with E-state index in [0.29, 0.717) is 12.8 Å².